The average Bonchev–Trinajstić information content (AvgIpc) is 2.34. The topological polar surface area (TPSA) is 48.1 Å². The molecule has 2 N–H and O–H groups in total. The number of nitrogen functional groups attached to an aromatic ring is 1. The predicted molar refractivity (Wildman–Crippen MR) is 74.2 cm³/mol. The zero-order valence-corrected chi connectivity index (χ0v) is 11.3. The average molecular weight is 283 g/mol. The van der Waals surface area contributed by atoms with Gasteiger partial charge in [0.1, 0.15) is 18.2 Å². The van der Waals surface area contributed by atoms with Crippen molar-refractivity contribution in [1.82, 2.24) is 4.98 Å². The number of ether oxygens (including phenoxy) is 1. The minimum Gasteiger partial charge on any atom is -0.487 e. The second-order valence-electron chi connectivity index (χ2n) is 3.86. The van der Waals surface area contributed by atoms with E-state index < -0.39 is 0 Å². The van der Waals surface area contributed by atoms with Crippen molar-refractivity contribution in [2.75, 3.05) is 5.73 Å². The zero-order valence-electron chi connectivity index (χ0n) is 9.78. The number of nitrogens with two attached hydrogens (primary N) is 1. The third-order valence-electron chi connectivity index (χ3n) is 2.45. The molecule has 0 aliphatic carbocycles. The number of aryl methyl sites for hydroxylation is 1. The van der Waals surface area contributed by atoms with Crippen molar-refractivity contribution in [3.8, 4) is 5.75 Å². The van der Waals surface area contributed by atoms with Crippen LogP contribution in [-0.4, -0.2) is 4.98 Å². The van der Waals surface area contributed by atoms with Gasteiger partial charge in [-0.1, -0.05) is 23.2 Å². The Morgan fingerprint density at radius 2 is 1.89 bits per heavy atom. The number of rotatable bonds is 3. The summed E-state index contributed by atoms with van der Waals surface area (Å²) in [6.45, 7) is 2.19. The van der Waals surface area contributed by atoms with Crippen LogP contribution >= 0.6 is 23.2 Å². The number of hydrogen-bond donors (Lipinski definition) is 1. The van der Waals surface area contributed by atoms with Crippen LogP contribution in [0.15, 0.2) is 30.3 Å². The first-order valence-electron chi connectivity index (χ1n) is 5.36. The van der Waals surface area contributed by atoms with E-state index in [9.17, 15) is 0 Å². The fourth-order valence-electron chi connectivity index (χ4n) is 1.46. The zero-order chi connectivity index (χ0) is 13.1. The van der Waals surface area contributed by atoms with Crippen molar-refractivity contribution >= 4 is 29.0 Å². The van der Waals surface area contributed by atoms with Gasteiger partial charge < -0.3 is 10.5 Å². The lowest BCUT2D eigenvalue weighted by Gasteiger charge is -2.08. The van der Waals surface area contributed by atoms with E-state index >= 15 is 0 Å². The number of nitrogens with zero attached hydrogens (tertiary/aromatic N) is 1. The molecule has 2 rings (SSSR count). The molecule has 0 bridgehead atoms. The van der Waals surface area contributed by atoms with Crippen molar-refractivity contribution in [3.63, 3.8) is 0 Å². The molecular weight excluding hydrogens is 271 g/mol. The molecule has 0 atom stereocenters. The van der Waals surface area contributed by atoms with E-state index in [-0.39, 0.29) is 6.61 Å². The first kappa shape index (κ1) is 13.0. The van der Waals surface area contributed by atoms with Crippen LogP contribution in [0.4, 0.5) is 5.82 Å². The fourth-order valence-corrected chi connectivity index (χ4v) is 1.74. The molecule has 94 valence electrons. The number of pyridine rings is 1. The van der Waals surface area contributed by atoms with Gasteiger partial charge in [-0.3, -0.25) is 0 Å². The van der Waals surface area contributed by atoms with E-state index in [0.29, 0.717) is 21.6 Å². The molecule has 0 spiro atoms. The van der Waals surface area contributed by atoms with Gasteiger partial charge in [0, 0.05) is 5.02 Å². The van der Waals surface area contributed by atoms with E-state index in [1.54, 1.807) is 24.3 Å². The van der Waals surface area contributed by atoms with E-state index in [4.69, 9.17) is 33.7 Å². The van der Waals surface area contributed by atoms with Gasteiger partial charge in [-0.25, -0.2) is 4.98 Å². The van der Waals surface area contributed by atoms with Crippen molar-refractivity contribution in [2.45, 2.75) is 13.5 Å². The molecule has 0 saturated carbocycles. The minimum atomic E-state index is 0.269. The lowest BCUT2D eigenvalue weighted by molar-refractivity contribution is 0.301. The molecular formula is C13H12Cl2N2O. The van der Waals surface area contributed by atoms with Gasteiger partial charge in [0.2, 0.25) is 0 Å². The molecule has 2 aromatic rings. The molecule has 3 nitrogen and oxygen atoms in total. The third-order valence-corrected chi connectivity index (χ3v) is 3.21. The van der Waals surface area contributed by atoms with Gasteiger partial charge in [0.15, 0.2) is 0 Å². The Morgan fingerprint density at radius 1 is 1.17 bits per heavy atom. The Morgan fingerprint density at radius 3 is 2.61 bits per heavy atom. The Labute approximate surface area is 115 Å². The van der Waals surface area contributed by atoms with Crippen molar-refractivity contribution in [3.05, 3.63) is 51.6 Å². The fraction of sp³-hybridized carbons (Fsp3) is 0.154. The molecule has 18 heavy (non-hydrogen) atoms. The van der Waals surface area contributed by atoms with E-state index in [1.165, 1.54) is 0 Å². The van der Waals surface area contributed by atoms with Crippen LogP contribution in [0.2, 0.25) is 10.0 Å². The summed E-state index contributed by atoms with van der Waals surface area (Å²) in [6.07, 6.45) is 0. The Kier molecular flexibility index (Phi) is 3.94. The monoisotopic (exact) mass is 282 g/mol. The summed E-state index contributed by atoms with van der Waals surface area (Å²) in [5, 5.41) is 1.25. The van der Waals surface area contributed by atoms with Crippen LogP contribution in [0.25, 0.3) is 0 Å². The Balaban J connectivity index is 2.11. The standard InChI is InChI=1S/C13H12Cl2N2O/c1-8-6-9(2-3-10(8)14)18-7-12-11(15)4-5-13(16)17-12/h2-6H,7H2,1H3,(H2,16,17). The molecule has 1 heterocycles. The predicted octanol–water partition coefficient (Wildman–Crippen LogP) is 3.86. The number of anilines is 1. The summed E-state index contributed by atoms with van der Waals surface area (Å²) < 4.78 is 5.60. The molecule has 0 aliphatic rings. The summed E-state index contributed by atoms with van der Waals surface area (Å²) in [5.74, 6) is 1.14. The summed E-state index contributed by atoms with van der Waals surface area (Å²) >= 11 is 11.9. The number of benzene rings is 1. The van der Waals surface area contributed by atoms with Gasteiger partial charge in [-0.2, -0.15) is 0 Å². The van der Waals surface area contributed by atoms with Crippen LogP contribution in [0.5, 0.6) is 5.75 Å². The Bertz CT molecular complexity index is 573. The highest BCUT2D eigenvalue weighted by Gasteiger charge is 2.05. The van der Waals surface area contributed by atoms with Crippen molar-refractivity contribution in [2.24, 2.45) is 0 Å². The highest BCUT2D eigenvalue weighted by atomic mass is 35.5. The number of aromatic nitrogens is 1. The van der Waals surface area contributed by atoms with E-state index in [1.807, 2.05) is 13.0 Å². The molecule has 0 aliphatic heterocycles. The second-order valence-corrected chi connectivity index (χ2v) is 4.68. The molecule has 1 aromatic heterocycles. The second kappa shape index (κ2) is 5.46. The van der Waals surface area contributed by atoms with E-state index in [0.717, 1.165) is 11.3 Å². The highest BCUT2D eigenvalue weighted by molar-refractivity contribution is 6.31. The smallest absolute Gasteiger partial charge is 0.132 e. The molecule has 0 radical (unpaired) electrons. The summed E-state index contributed by atoms with van der Waals surface area (Å²) in [5.41, 5.74) is 7.17. The van der Waals surface area contributed by atoms with Crippen LogP contribution in [0.3, 0.4) is 0 Å². The molecule has 1 aromatic carbocycles. The quantitative estimate of drug-likeness (QED) is 0.930. The lowest BCUT2D eigenvalue weighted by Crippen LogP contribution is -2.02. The van der Waals surface area contributed by atoms with Gasteiger partial charge in [0.05, 0.1) is 10.7 Å². The maximum atomic E-state index is 6.00. The summed E-state index contributed by atoms with van der Waals surface area (Å²) in [4.78, 5) is 4.12. The van der Waals surface area contributed by atoms with Crippen LogP contribution in [-0.2, 0) is 6.61 Å². The first-order chi connectivity index (χ1) is 8.56. The largest absolute Gasteiger partial charge is 0.487 e. The highest BCUT2D eigenvalue weighted by Crippen LogP contribution is 2.23. The summed E-state index contributed by atoms with van der Waals surface area (Å²) in [6, 6.07) is 8.81. The maximum Gasteiger partial charge on any atom is 0.132 e. The number of halogens is 2. The molecule has 0 saturated heterocycles. The molecule has 0 fully saturated rings. The Hall–Kier alpha value is -1.45. The van der Waals surface area contributed by atoms with Gasteiger partial charge in [-0.05, 0) is 42.8 Å². The molecule has 0 unspecified atom stereocenters. The van der Waals surface area contributed by atoms with Crippen molar-refractivity contribution < 1.29 is 4.74 Å². The third kappa shape index (κ3) is 3.06. The molecule has 5 heteroatoms. The maximum absolute atomic E-state index is 6.00. The minimum absolute atomic E-state index is 0.269. The summed E-state index contributed by atoms with van der Waals surface area (Å²) in [7, 11) is 0. The van der Waals surface area contributed by atoms with Crippen LogP contribution < -0.4 is 10.5 Å². The van der Waals surface area contributed by atoms with Gasteiger partial charge in [0.25, 0.3) is 0 Å². The van der Waals surface area contributed by atoms with Gasteiger partial charge in [-0.15, -0.1) is 0 Å². The van der Waals surface area contributed by atoms with Crippen LogP contribution in [0, 0.1) is 6.92 Å². The normalized spacial score (nSPS) is 10.4. The lowest BCUT2D eigenvalue weighted by atomic mass is 10.2. The first-order valence-corrected chi connectivity index (χ1v) is 6.11. The van der Waals surface area contributed by atoms with Crippen molar-refractivity contribution in [1.29, 1.82) is 0 Å². The molecule has 0 amide bonds. The van der Waals surface area contributed by atoms with Gasteiger partial charge >= 0.3 is 0 Å². The SMILES string of the molecule is Cc1cc(OCc2nc(N)ccc2Cl)ccc1Cl. The van der Waals surface area contributed by atoms with Crippen LogP contribution in [0.1, 0.15) is 11.3 Å². The van der Waals surface area contributed by atoms with E-state index in [2.05, 4.69) is 4.98 Å². The number of hydrogen-bond acceptors (Lipinski definition) is 3.